The van der Waals surface area contributed by atoms with E-state index in [1.54, 1.807) is 0 Å². The molecule has 5 nitrogen and oxygen atoms in total. The van der Waals surface area contributed by atoms with Crippen molar-refractivity contribution < 1.29 is 27.1 Å². The Hall–Kier alpha value is 0.181. The number of carboxylic acid groups (broad SMARTS) is 1. The maximum atomic E-state index is 10.5. The molecule has 12 heavy (non-hydrogen) atoms. The number of hydrogen-bond donors (Lipinski definition) is 1. The Morgan fingerprint density at radius 2 is 1.83 bits per heavy atom. The third-order valence-corrected chi connectivity index (χ3v) is 0.801. The summed E-state index contributed by atoms with van der Waals surface area (Å²) < 4.78 is 4.06. The van der Waals surface area contributed by atoms with Gasteiger partial charge in [0.05, 0.1) is 12.8 Å². The van der Waals surface area contributed by atoms with Crippen LogP contribution in [0.1, 0.15) is 22.6 Å². The molecule has 0 rings (SSSR count). The summed E-state index contributed by atoms with van der Waals surface area (Å²) >= 11 is 0. The van der Waals surface area contributed by atoms with Crippen molar-refractivity contribution in [2.24, 2.45) is 0 Å². The number of carbonyl (C=O) groups excluding carboxylic acids is 2. The molecule has 0 unspecified atom stereocenters. The van der Waals surface area contributed by atoms with Gasteiger partial charge in [0.1, 0.15) is 0 Å². The molecule has 0 aliphatic rings. The third kappa shape index (κ3) is 10.2. The van der Waals surface area contributed by atoms with Gasteiger partial charge in [0.15, 0.2) is 0 Å². The summed E-state index contributed by atoms with van der Waals surface area (Å²) in [6, 6.07) is 0. The second-order valence-corrected chi connectivity index (χ2v) is 1.86. The van der Waals surface area contributed by atoms with Gasteiger partial charge in [-0.25, -0.2) is 0 Å². The van der Waals surface area contributed by atoms with E-state index >= 15 is 0 Å². The summed E-state index contributed by atoms with van der Waals surface area (Å²) in [5.74, 6) is -2.62. The predicted molar refractivity (Wildman–Crippen MR) is 41.6 cm³/mol. The summed E-state index contributed by atoms with van der Waals surface area (Å²) in [4.78, 5) is 30.5. The predicted octanol–water partition coefficient (Wildman–Crippen LogP) is -0.215. The molecule has 0 saturated carbocycles. The van der Waals surface area contributed by atoms with Crippen molar-refractivity contribution in [1.82, 2.24) is 0 Å². The first-order chi connectivity index (χ1) is 5.02. The number of carboxylic acids is 1. The minimum Gasteiger partial charge on any atom is -1.00 e. The van der Waals surface area contributed by atoms with Crippen LogP contribution < -0.4 is 0 Å². The van der Waals surface area contributed by atoms with Crippen LogP contribution in [0.5, 0.6) is 0 Å². The summed E-state index contributed by atoms with van der Waals surface area (Å²) in [6.07, 6.45) is -0.582. The van der Waals surface area contributed by atoms with Crippen LogP contribution in [0.3, 0.4) is 0 Å². The van der Waals surface area contributed by atoms with E-state index in [4.69, 9.17) is 5.11 Å². The molecule has 0 aromatic carbocycles. The molecular formula is C6H10BaO5. The van der Waals surface area contributed by atoms with Gasteiger partial charge >= 0.3 is 66.8 Å². The average molecular weight is 299 g/mol. The quantitative estimate of drug-likeness (QED) is 0.443. The van der Waals surface area contributed by atoms with Crippen molar-refractivity contribution in [2.45, 2.75) is 19.8 Å². The van der Waals surface area contributed by atoms with E-state index in [0.717, 1.165) is 6.92 Å². The van der Waals surface area contributed by atoms with Crippen molar-refractivity contribution in [1.29, 1.82) is 0 Å². The molecule has 0 aromatic heterocycles. The van der Waals surface area contributed by atoms with E-state index in [9.17, 15) is 14.4 Å². The fourth-order valence-electron chi connectivity index (χ4n) is 0.420. The van der Waals surface area contributed by atoms with E-state index in [0.29, 0.717) is 0 Å². The van der Waals surface area contributed by atoms with Crippen molar-refractivity contribution in [2.75, 3.05) is 0 Å². The number of rotatable bonds is 3. The van der Waals surface area contributed by atoms with Gasteiger partial charge in [-0.15, -0.1) is 0 Å². The molecule has 0 aliphatic carbocycles. The molecule has 0 radical (unpaired) electrons. The molecule has 6 heteroatoms. The molecule has 0 saturated heterocycles. The fourth-order valence-corrected chi connectivity index (χ4v) is 0.420. The monoisotopic (exact) mass is 300 g/mol. The minimum absolute atomic E-state index is 0. The van der Waals surface area contributed by atoms with Crippen molar-refractivity contribution in [3.05, 3.63) is 0 Å². The van der Waals surface area contributed by atoms with Crippen LogP contribution in [0.4, 0.5) is 0 Å². The van der Waals surface area contributed by atoms with E-state index in [1.165, 1.54) is 0 Å². The van der Waals surface area contributed by atoms with Gasteiger partial charge in [-0.1, -0.05) is 0 Å². The van der Waals surface area contributed by atoms with Crippen LogP contribution in [0.15, 0.2) is 0 Å². The molecule has 0 bridgehead atoms. The molecule has 1 N–H and O–H groups in total. The van der Waals surface area contributed by atoms with Crippen LogP contribution in [0.25, 0.3) is 0 Å². The van der Waals surface area contributed by atoms with Crippen LogP contribution in [0, 0.1) is 0 Å². The molecule has 0 aromatic rings. The van der Waals surface area contributed by atoms with E-state index in [2.05, 4.69) is 4.74 Å². The zero-order valence-electron chi connectivity index (χ0n) is 8.70. The first kappa shape index (κ1) is 14.7. The Labute approximate surface area is 113 Å². The van der Waals surface area contributed by atoms with E-state index in [1.807, 2.05) is 0 Å². The summed E-state index contributed by atoms with van der Waals surface area (Å²) in [5.41, 5.74) is 0. The number of esters is 2. The Morgan fingerprint density at radius 1 is 1.33 bits per heavy atom. The van der Waals surface area contributed by atoms with Gasteiger partial charge in [0.25, 0.3) is 0 Å². The van der Waals surface area contributed by atoms with Crippen LogP contribution >= 0.6 is 0 Å². The zero-order valence-corrected chi connectivity index (χ0v) is 11.1. The Bertz CT molecular complexity index is 197. The SMILES string of the molecule is CC(=O)OC(=O)CCC(=O)O.[Ba+2].[H-].[H-]. The van der Waals surface area contributed by atoms with Crippen molar-refractivity contribution in [3.8, 4) is 0 Å². The summed E-state index contributed by atoms with van der Waals surface area (Å²) in [7, 11) is 0. The zero-order chi connectivity index (χ0) is 8.85. The Balaban J connectivity index is -0.000000167. The van der Waals surface area contributed by atoms with Gasteiger partial charge in [-0.2, -0.15) is 0 Å². The van der Waals surface area contributed by atoms with Crippen LogP contribution in [-0.2, 0) is 19.1 Å². The van der Waals surface area contributed by atoms with Crippen LogP contribution in [-0.4, -0.2) is 71.9 Å². The number of carbonyl (C=O) groups is 3. The molecule has 0 heterocycles. The second-order valence-electron chi connectivity index (χ2n) is 1.86. The topological polar surface area (TPSA) is 80.7 Å². The molecule has 0 atom stereocenters. The first-order valence-electron chi connectivity index (χ1n) is 2.95. The van der Waals surface area contributed by atoms with E-state index in [-0.39, 0.29) is 64.6 Å². The molecule has 0 fully saturated rings. The molecule has 0 spiro atoms. The molecular weight excluding hydrogens is 289 g/mol. The van der Waals surface area contributed by atoms with Gasteiger partial charge in [0.2, 0.25) is 0 Å². The normalized spacial score (nSPS) is 8.08. The smallest absolute Gasteiger partial charge is 1.00 e. The fraction of sp³-hybridized carbons (Fsp3) is 0.500. The molecule has 0 aliphatic heterocycles. The van der Waals surface area contributed by atoms with Crippen molar-refractivity contribution in [3.63, 3.8) is 0 Å². The third-order valence-electron chi connectivity index (χ3n) is 0.801. The first-order valence-corrected chi connectivity index (χ1v) is 2.95. The van der Waals surface area contributed by atoms with Crippen molar-refractivity contribution >= 4 is 66.8 Å². The maximum Gasteiger partial charge on any atom is 2.00 e. The van der Waals surface area contributed by atoms with E-state index < -0.39 is 17.9 Å². The maximum absolute atomic E-state index is 10.5. The number of aliphatic carboxylic acids is 1. The molecule has 66 valence electrons. The summed E-state index contributed by atoms with van der Waals surface area (Å²) in [5, 5.41) is 8.10. The Kier molecular flexibility index (Phi) is 9.56. The number of ether oxygens (including phenoxy) is 1. The van der Waals surface area contributed by atoms with Gasteiger partial charge < -0.3 is 12.7 Å². The number of hydrogen-bond acceptors (Lipinski definition) is 4. The minimum atomic E-state index is -1.09. The molecule has 0 amide bonds. The second kappa shape index (κ2) is 7.81. The van der Waals surface area contributed by atoms with Gasteiger partial charge in [-0.3, -0.25) is 14.4 Å². The van der Waals surface area contributed by atoms with Gasteiger partial charge in [-0.05, 0) is 0 Å². The average Bonchev–Trinajstić information content (AvgIpc) is 1.82. The Morgan fingerprint density at radius 3 is 2.17 bits per heavy atom. The van der Waals surface area contributed by atoms with Crippen LogP contribution in [0.2, 0.25) is 0 Å². The van der Waals surface area contributed by atoms with Gasteiger partial charge in [0, 0.05) is 6.92 Å². The summed E-state index contributed by atoms with van der Waals surface area (Å²) in [6.45, 7) is 1.08. The largest absolute Gasteiger partial charge is 2.00 e. The standard InChI is InChI=1S/C6H8O5.Ba.2H/c1-4(7)11-6(10)3-2-5(8)9;;;/h2-3H2,1H3,(H,8,9);;;/q;+2;2*-1.